The molecule has 5 nitrogen and oxygen atoms in total. The van der Waals surface area contributed by atoms with Gasteiger partial charge in [-0.1, -0.05) is 38.1 Å². The van der Waals surface area contributed by atoms with Gasteiger partial charge in [0.05, 0.1) is 12.2 Å². The summed E-state index contributed by atoms with van der Waals surface area (Å²) in [5.41, 5.74) is 3.31. The third-order valence-electron chi connectivity index (χ3n) is 5.25. The molecule has 28 heavy (non-hydrogen) atoms. The summed E-state index contributed by atoms with van der Waals surface area (Å²) in [6, 6.07) is 6.29. The average molecular weight is 378 g/mol. The van der Waals surface area contributed by atoms with Crippen molar-refractivity contribution in [1.82, 2.24) is 0 Å². The van der Waals surface area contributed by atoms with Gasteiger partial charge in [0.25, 0.3) is 0 Å². The largest absolute Gasteiger partial charge is 0.508 e. The van der Waals surface area contributed by atoms with Crippen molar-refractivity contribution in [1.29, 1.82) is 0 Å². The minimum atomic E-state index is -0.317. The molecule has 0 atom stereocenters. The summed E-state index contributed by atoms with van der Waals surface area (Å²) >= 11 is 0. The zero-order valence-electron chi connectivity index (χ0n) is 16.1. The lowest BCUT2D eigenvalue weighted by Crippen LogP contribution is -2.19. The predicted molar refractivity (Wildman–Crippen MR) is 108 cm³/mol. The van der Waals surface area contributed by atoms with Gasteiger partial charge in [-0.15, -0.1) is 0 Å². The second kappa shape index (κ2) is 6.53. The van der Waals surface area contributed by atoms with E-state index in [2.05, 4.69) is 19.9 Å². The molecule has 0 fully saturated rings. The number of hydrogen-bond acceptors (Lipinski definition) is 5. The minimum absolute atomic E-state index is 0.0676. The second-order valence-corrected chi connectivity index (χ2v) is 7.88. The fourth-order valence-corrected chi connectivity index (χ4v) is 3.82. The van der Waals surface area contributed by atoms with Crippen LogP contribution in [0.3, 0.4) is 0 Å². The SMILES string of the molecule is COCc1c2c(c3occ(-c4ccc(O)cc4)c(=O)c3c1O)C=CC(C)(C)C2. The van der Waals surface area contributed by atoms with Gasteiger partial charge in [-0.25, -0.2) is 0 Å². The summed E-state index contributed by atoms with van der Waals surface area (Å²) in [5.74, 6) is 0.0251. The summed E-state index contributed by atoms with van der Waals surface area (Å²) < 4.78 is 11.2. The maximum absolute atomic E-state index is 13.3. The first-order chi connectivity index (χ1) is 13.3. The number of aromatic hydroxyl groups is 2. The highest BCUT2D eigenvalue weighted by atomic mass is 16.5. The number of benzene rings is 2. The highest BCUT2D eigenvalue weighted by Crippen LogP contribution is 2.42. The standard InChI is InChI=1S/C23H22O5/c1-23(2)9-8-15-16(10-23)18(11-27-3)21(26)19-20(25)17(12-28-22(15)19)13-4-6-14(24)7-5-13/h4-9,12,24,26H,10-11H2,1-3H3. The van der Waals surface area contributed by atoms with Crippen LogP contribution in [-0.2, 0) is 17.8 Å². The first-order valence-electron chi connectivity index (χ1n) is 9.12. The van der Waals surface area contributed by atoms with E-state index >= 15 is 0 Å². The van der Waals surface area contributed by atoms with E-state index in [0.717, 1.165) is 11.1 Å². The van der Waals surface area contributed by atoms with Gasteiger partial charge in [-0.3, -0.25) is 4.79 Å². The number of fused-ring (bicyclic) bond motifs is 3. The van der Waals surface area contributed by atoms with Crippen LogP contribution in [0.1, 0.15) is 30.5 Å². The van der Waals surface area contributed by atoms with Gasteiger partial charge in [0.1, 0.15) is 28.7 Å². The van der Waals surface area contributed by atoms with Crippen molar-refractivity contribution < 1.29 is 19.4 Å². The molecule has 2 aromatic carbocycles. The van der Waals surface area contributed by atoms with Gasteiger partial charge in [0.2, 0.25) is 5.43 Å². The van der Waals surface area contributed by atoms with Gasteiger partial charge in [-0.2, -0.15) is 0 Å². The van der Waals surface area contributed by atoms with Crippen LogP contribution in [0.2, 0.25) is 0 Å². The maximum atomic E-state index is 13.3. The molecule has 1 aliphatic carbocycles. The van der Waals surface area contributed by atoms with E-state index in [9.17, 15) is 15.0 Å². The number of rotatable bonds is 3. The molecule has 144 valence electrons. The number of hydrogen-bond donors (Lipinski definition) is 2. The molecule has 5 heteroatoms. The molecule has 1 heterocycles. The Labute approximate surface area is 162 Å². The molecule has 0 radical (unpaired) electrons. The molecule has 0 unspecified atom stereocenters. The van der Waals surface area contributed by atoms with Gasteiger partial charge in [0.15, 0.2) is 0 Å². The molecule has 0 aliphatic heterocycles. The Bertz CT molecular complexity index is 1150. The summed E-state index contributed by atoms with van der Waals surface area (Å²) in [4.78, 5) is 13.3. The second-order valence-electron chi connectivity index (χ2n) is 7.88. The molecule has 0 saturated carbocycles. The van der Waals surface area contributed by atoms with Crippen molar-refractivity contribution in [3.63, 3.8) is 0 Å². The van der Waals surface area contributed by atoms with Crippen LogP contribution >= 0.6 is 0 Å². The molecule has 0 amide bonds. The average Bonchev–Trinajstić information content (AvgIpc) is 2.65. The van der Waals surface area contributed by atoms with Crippen LogP contribution in [0.25, 0.3) is 28.2 Å². The Morgan fingerprint density at radius 3 is 2.57 bits per heavy atom. The fourth-order valence-electron chi connectivity index (χ4n) is 3.82. The molecule has 0 bridgehead atoms. The topological polar surface area (TPSA) is 79.9 Å². The van der Waals surface area contributed by atoms with E-state index in [1.807, 2.05) is 6.08 Å². The van der Waals surface area contributed by atoms with Crippen LogP contribution in [0.4, 0.5) is 0 Å². The Morgan fingerprint density at radius 1 is 1.18 bits per heavy atom. The molecule has 0 spiro atoms. The number of phenols is 2. The van der Waals surface area contributed by atoms with Crippen LogP contribution in [0.15, 0.2) is 45.8 Å². The first-order valence-corrected chi connectivity index (χ1v) is 9.12. The van der Waals surface area contributed by atoms with E-state index in [1.54, 1.807) is 19.2 Å². The maximum Gasteiger partial charge on any atom is 0.204 e. The number of phenolic OH excluding ortho intramolecular Hbond substituents is 2. The van der Waals surface area contributed by atoms with E-state index in [1.165, 1.54) is 18.4 Å². The summed E-state index contributed by atoms with van der Waals surface area (Å²) in [5, 5.41) is 20.6. The third kappa shape index (κ3) is 2.88. The van der Waals surface area contributed by atoms with Gasteiger partial charge in [0, 0.05) is 18.2 Å². The van der Waals surface area contributed by atoms with Crippen molar-refractivity contribution in [2.45, 2.75) is 26.9 Å². The molecule has 3 aromatic rings. The summed E-state index contributed by atoms with van der Waals surface area (Å²) in [6.07, 6.45) is 6.18. The minimum Gasteiger partial charge on any atom is -0.508 e. The molecule has 4 rings (SSSR count). The van der Waals surface area contributed by atoms with Gasteiger partial charge >= 0.3 is 0 Å². The van der Waals surface area contributed by atoms with Crippen LogP contribution in [0.5, 0.6) is 11.5 Å². The quantitative estimate of drug-likeness (QED) is 0.695. The molecular weight excluding hydrogens is 356 g/mol. The molecule has 1 aromatic heterocycles. The lowest BCUT2D eigenvalue weighted by Gasteiger charge is -2.28. The van der Waals surface area contributed by atoms with Crippen LogP contribution in [-0.4, -0.2) is 17.3 Å². The number of methoxy groups -OCH3 is 1. The lowest BCUT2D eigenvalue weighted by molar-refractivity contribution is 0.181. The zero-order chi connectivity index (χ0) is 20.1. The van der Waals surface area contributed by atoms with Crippen molar-refractivity contribution in [3.05, 3.63) is 63.5 Å². The van der Waals surface area contributed by atoms with Crippen molar-refractivity contribution >= 4 is 17.0 Å². The third-order valence-corrected chi connectivity index (χ3v) is 5.25. The summed E-state index contributed by atoms with van der Waals surface area (Å²) in [7, 11) is 1.56. The van der Waals surface area contributed by atoms with Crippen LogP contribution < -0.4 is 5.43 Å². The van der Waals surface area contributed by atoms with Crippen molar-refractivity contribution in [2.75, 3.05) is 7.11 Å². The molecule has 0 saturated heterocycles. The van der Waals surface area contributed by atoms with E-state index in [4.69, 9.17) is 9.15 Å². The highest BCUT2D eigenvalue weighted by molar-refractivity contribution is 5.95. The molecule has 1 aliphatic rings. The Kier molecular flexibility index (Phi) is 4.27. The normalized spacial score (nSPS) is 15.0. The Balaban J connectivity index is 2.05. The van der Waals surface area contributed by atoms with E-state index < -0.39 is 0 Å². The van der Waals surface area contributed by atoms with Gasteiger partial charge in [-0.05, 0) is 35.1 Å². The lowest BCUT2D eigenvalue weighted by atomic mass is 9.77. The number of allylic oxidation sites excluding steroid dienone is 1. The predicted octanol–water partition coefficient (Wildman–Crippen LogP) is 4.61. The smallest absolute Gasteiger partial charge is 0.204 e. The molecule has 2 N–H and O–H groups in total. The van der Waals surface area contributed by atoms with Crippen LogP contribution in [0, 0.1) is 5.41 Å². The first kappa shape index (κ1) is 18.3. The monoisotopic (exact) mass is 378 g/mol. The van der Waals surface area contributed by atoms with Gasteiger partial charge < -0.3 is 19.4 Å². The highest BCUT2D eigenvalue weighted by Gasteiger charge is 2.29. The number of ether oxygens (including phenoxy) is 1. The Morgan fingerprint density at radius 2 is 1.89 bits per heavy atom. The van der Waals surface area contributed by atoms with Crippen molar-refractivity contribution in [2.24, 2.45) is 5.41 Å². The molecular formula is C23H22O5. The Hall–Kier alpha value is -3.05. The summed E-state index contributed by atoms with van der Waals surface area (Å²) in [6.45, 7) is 4.44. The van der Waals surface area contributed by atoms with E-state index in [-0.39, 0.29) is 34.3 Å². The van der Waals surface area contributed by atoms with Crippen molar-refractivity contribution in [3.8, 4) is 22.6 Å². The van der Waals surface area contributed by atoms with E-state index in [0.29, 0.717) is 28.7 Å². The fraction of sp³-hybridized carbons (Fsp3) is 0.261. The zero-order valence-corrected chi connectivity index (χ0v) is 16.1.